The molecule has 0 unspecified atom stereocenters. The summed E-state index contributed by atoms with van der Waals surface area (Å²) < 4.78 is 0. The summed E-state index contributed by atoms with van der Waals surface area (Å²) in [5.41, 5.74) is 1.30. The molecular formula is C21H26S. The normalized spacial score (nSPS) is 11.6. The molecular weight excluding hydrogens is 284 g/mol. The van der Waals surface area contributed by atoms with Crippen molar-refractivity contribution in [1.29, 1.82) is 0 Å². The SMILES string of the molecule is CCCCCCC/C(=C\c1ccccc1)Sc1ccccc1. The third-order valence-corrected chi connectivity index (χ3v) is 4.74. The smallest absolute Gasteiger partial charge is 0.0119 e. The van der Waals surface area contributed by atoms with E-state index in [4.69, 9.17) is 0 Å². The zero-order valence-corrected chi connectivity index (χ0v) is 14.3. The van der Waals surface area contributed by atoms with Crippen LogP contribution in [0.5, 0.6) is 0 Å². The largest absolute Gasteiger partial charge is 0.0945 e. The number of thioether (sulfide) groups is 1. The van der Waals surface area contributed by atoms with Gasteiger partial charge in [-0.05, 0) is 41.5 Å². The van der Waals surface area contributed by atoms with Crippen LogP contribution in [0.1, 0.15) is 51.0 Å². The maximum Gasteiger partial charge on any atom is 0.0119 e. The van der Waals surface area contributed by atoms with Gasteiger partial charge in [0, 0.05) is 4.90 Å². The molecule has 116 valence electrons. The van der Waals surface area contributed by atoms with E-state index in [-0.39, 0.29) is 0 Å². The monoisotopic (exact) mass is 310 g/mol. The van der Waals surface area contributed by atoms with E-state index >= 15 is 0 Å². The molecule has 0 saturated heterocycles. The second kappa shape index (κ2) is 10.3. The minimum Gasteiger partial charge on any atom is -0.0945 e. The number of hydrogen-bond donors (Lipinski definition) is 0. The highest BCUT2D eigenvalue weighted by atomic mass is 32.2. The predicted octanol–water partition coefficient (Wildman–Crippen LogP) is 7.18. The van der Waals surface area contributed by atoms with Crippen molar-refractivity contribution in [3.63, 3.8) is 0 Å². The molecule has 22 heavy (non-hydrogen) atoms. The first kappa shape index (κ1) is 16.9. The molecule has 0 aliphatic carbocycles. The lowest BCUT2D eigenvalue weighted by Gasteiger charge is -2.08. The Morgan fingerprint density at radius 3 is 2.14 bits per heavy atom. The number of rotatable bonds is 9. The quantitative estimate of drug-likeness (QED) is 0.349. The highest BCUT2D eigenvalue weighted by Gasteiger charge is 2.02. The number of hydrogen-bond acceptors (Lipinski definition) is 1. The Kier molecular flexibility index (Phi) is 7.90. The first-order chi connectivity index (χ1) is 10.9. The van der Waals surface area contributed by atoms with Gasteiger partial charge >= 0.3 is 0 Å². The summed E-state index contributed by atoms with van der Waals surface area (Å²) in [6, 6.07) is 21.4. The molecule has 0 fully saturated rings. The summed E-state index contributed by atoms with van der Waals surface area (Å²) in [4.78, 5) is 2.80. The number of allylic oxidation sites excluding steroid dienone is 1. The third-order valence-electron chi connectivity index (χ3n) is 3.65. The summed E-state index contributed by atoms with van der Waals surface area (Å²) in [6.45, 7) is 2.27. The molecule has 2 aromatic carbocycles. The summed E-state index contributed by atoms with van der Waals surface area (Å²) in [5, 5.41) is 0. The zero-order chi connectivity index (χ0) is 15.5. The molecule has 1 heteroatoms. The summed E-state index contributed by atoms with van der Waals surface area (Å²) in [6.07, 6.45) is 10.2. The van der Waals surface area contributed by atoms with Crippen LogP contribution in [0.3, 0.4) is 0 Å². The van der Waals surface area contributed by atoms with Crippen molar-refractivity contribution < 1.29 is 0 Å². The summed E-state index contributed by atoms with van der Waals surface area (Å²) in [5.74, 6) is 0. The fourth-order valence-corrected chi connectivity index (χ4v) is 3.47. The van der Waals surface area contributed by atoms with E-state index in [1.54, 1.807) is 0 Å². The van der Waals surface area contributed by atoms with Gasteiger partial charge in [0.1, 0.15) is 0 Å². The van der Waals surface area contributed by atoms with Gasteiger partial charge in [0.15, 0.2) is 0 Å². The highest BCUT2D eigenvalue weighted by molar-refractivity contribution is 8.03. The molecule has 0 aliphatic rings. The van der Waals surface area contributed by atoms with Gasteiger partial charge in [-0.25, -0.2) is 0 Å². The van der Waals surface area contributed by atoms with Gasteiger partial charge in [-0.2, -0.15) is 0 Å². The maximum atomic E-state index is 2.34. The minimum absolute atomic E-state index is 1.18. The van der Waals surface area contributed by atoms with Crippen molar-refractivity contribution in [2.24, 2.45) is 0 Å². The number of unbranched alkanes of at least 4 members (excludes halogenated alkanes) is 4. The van der Waals surface area contributed by atoms with Crippen LogP contribution in [0.15, 0.2) is 70.5 Å². The van der Waals surface area contributed by atoms with Crippen LogP contribution >= 0.6 is 11.8 Å². The Morgan fingerprint density at radius 1 is 0.818 bits per heavy atom. The van der Waals surface area contributed by atoms with Gasteiger partial charge in [0.05, 0.1) is 0 Å². The van der Waals surface area contributed by atoms with Crippen LogP contribution in [-0.4, -0.2) is 0 Å². The van der Waals surface area contributed by atoms with E-state index in [0.717, 1.165) is 0 Å². The Balaban J connectivity index is 1.99. The predicted molar refractivity (Wildman–Crippen MR) is 100 cm³/mol. The first-order valence-electron chi connectivity index (χ1n) is 8.37. The molecule has 0 amide bonds. The molecule has 0 heterocycles. The molecule has 2 rings (SSSR count). The van der Waals surface area contributed by atoms with Crippen molar-refractivity contribution >= 4 is 17.8 Å². The molecule has 0 spiro atoms. The van der Waals surface area contributed by atoms with E-state index in [1.807, 2.05) is 11.8 Å². The molecule has 0 nitrogen and oxygen atoms in total. The van der Waals surface area contributed by atoms with Gasteiger partial charge < -0.3 is 0 Å². The van der Waals surface area contributed by atoms with Crippen LogP contribution in [0.4, 0.5) is 0 Å². The van der Waals surface area contributed by atoms with Gasteiger partial charge in [-0.3, -0.25) is 0 Å². The molecule has 2 aromatic rings. The Bertz CT molecular complexity index is 543. The van der Waals surface area contributed by atoms with E-state index < -0.39 is 0 Å². The molecule has 0 saturated carbocycles. The second-order valence-corrected chi connectivity index (χ2v) is 6.80. The standard InChI is InChI=1S/C21H26S/c1-2-3-4-5-10-17-21(18-19-13-8-6-9-14-19)22-20-15-11-7-12-16-20/h6-9,11-16,18H,2-5,10,17H2,1H3/b21-18+. The molecule has 0 aromatic heterocycles. The number of benzene rings is 2. The van der Waals surface area contributed by atoms with Gasteiger partial charge in [0.2, 0.25) is 0 Å². The fraction of sp³-hybridized carbons (Fsp3) is 0.333. The van der Waals surface area contributed by atoms with Crippen molar-refractivity contribution in [2.45, 2.75) is 50.3 Å². The third kappa shape index (κ3) is 6.53. The summed E-state index contributed by atoms with van der Waals surface area (Å²) in [7, 11) is 0. The van der Waals surface area contributed by atoms with E-state index in [9.17, 15) is 0 Å². The van der Waals surface area contributed by atoms with Crippen molar-refractivity contribution in [3.8, 4) is 0 Å². The van der Waals surface area contributed by atoms with Crippen LogP contribution < -0.4 is 0 Å². The summed E-state index contributed by atoms with van der Waals surface area (Å²) >= 11 is 1.91. The fourth-order valence-electron chi connectivity index (χ4n) is 2.43. The van der Waals surface area contributed by atoms with Crippen molar-refractivity contribution in [1.82, 2.24) is 0 Å². The molecule has 0 atom stereocenters. The van der Waals surface area contributed by atoms with Crippen molar-refractivity contribution in [2.75, 3.05) is 0 Å². The zero-order valence-electron chi connectivity index (χ0n) is 13.5. The molecule has 0 bridgehead atoms. The average molecular weight is 311 g/mol. The topological polar surface area (TPSA) is 0 Å². The van der Waals surface area contributed by atoms with Crippen molar-refractivity contribution in [3.05, 3.63) is 71.1 Å². The second-order valence-electron chi connectivity index (χ2n) is 5.60. The van der Waals surface area contributed by atoms with Crippen LogP contribution in [0.2, 0.25) is 0 Å². The van der Waals surface area contributed by atoms with E-state index in [1.165, 1.54) is 53.9 Å². The maximum absolute atomic E-state index is 2.34. The van der Waals surface area contributed by atoms with Crippen LogP contribution in [0.25, 0.3) is 6.08 Å². The molecule has 0 N–H and O–H groups in total. The average Bonchev–Trinajstić information content (AvgIpc) is 2.56. The Labute approximate surface area is 139 Å². The molecule has 0 radical (unpaired) electrons. The van der Waals surface area contributed by atoms with Gasteiger partial charge in [0.25, 0.3) is 0 Å². The van der Waals surface area contributed by atoms with Crippen LogP contribution in [0, 0.1) is 0 Å². The first-order valence-corrected chi connectivity index (χ1v) is 9.18. The molecule has 0 aliphatic heterocycles. The van der Waals surface area contributed by atoms with Gasteiger partial charge in [-0.1, -0.05) is 92.9 Å². The Hall–Kier alpha value is -1.47. The van der Waals surface area contributed by atoms with Gasteiger partial charge in [-0.15, -0.1) is 0 Å². The lowest BCUT2D eigenvalue weighted by molar-refractivity contribution is 0.636. The van der Waals surface area contributed by atoms with E-state index in [2.05, 4.69) is 73.7 Å². The highest BCUT2D eigenvalue weighted by Crippen LogP contribution is 2.31. The van der Waals surface area contributed by atoms with Crippen LogP contribution in [-0.2, 0) is 0 Å². The Morgan fingerprint density at radius 2 is 1.45 bits per heavy atom. The minimum atomic E-state index is 1.18. The lowest BCUT2D eigenvalue weighted by atomic mass is 10.1. The van der Waals surface area contributed by atoms with E-state index in [0.29, 0.717) is 0 Å². The lowest BCUT2D eigenvalue weighted by Crippen LogP contribution is -1.83.